The van der Waals surface area contributed by atoms with Crippen molar-refractivity contribution in [2.24, 2.45) is 5.92 Å². The second-order valence-electron chi connectivity index (χ2n) is 7.98. The number of esters is 1. The zero-order valence-electron chi connectivity index (χ0n) is 17.4. The lowest BCUT2D eigenvalue weighted by molar-refractivity contribution is 0.0516. The van der Waals surface area contributed by atoms with E-state index in [1.807, 2.05) is 24.3 Å². The Morgan fingerprint density at radius 2 is 1.77 bits per heavy atom. The predicted molar refractivity (Wildman–Crippen MR) is 119 cm³/mol. The molecule has 1 saturated heterocycles. The van der Waals surface area contributed by atoms with Crippen molar-refractivity contribution in [2.75, 3.05) is 19.7 Å². The first kappa shape index (κ1) is 20.4. The first-order valence-electron chi connectivity index (χ1n) is 10.7. The van der Waals surface area contributed by atoms with Crippen molar-refractivity contribution in [3.05, 3.63) is 81.6 Å². The van der Waals surface area contributed by atoms with E-state index in [1.54, 1.807) is 13.0 Å². The van der Waals surface area contributed by atoms with Crippen LogP contribution in [0.3, 0.4) is 0 Å². The number of nitrogens with one attached hydrogen (secondary N) is 1. The van der Waals surface area contributed by atoms with Crippen LogP contribution in [0, 0.1) is 5.92 Å². The number of carbonyl (C=O) groups is 1. The van der Waals surface area contributed by atoms with Gasteiger partial charge in [0.15, 0.2) is 5.43 Å². The molecule has 1 N–H and O–H groups in total. The van der Waals surface area contributed by atoms with Gasteiger partial charge in [-0.2, -0.15) is 0 Å². The number of benzene rings is 2. The number of H-pyrrole nitrogens is 1. The molecule has 0 unspecified atom stereocenters. The summed E-state index contributed by atoms with van der Waals surface area (Å²) >= 11 is 0. The number of hydrogen-bond donors (Lipinski definition) is 1. The van der Waals surface area contributed by atoms with Crippen molar-refractivity contribution < 1.29 is 9.53 Å². The predicted octanol–water partition coefficient (Wildman–Crippen LogP) is 4.16. The van der Waals surface area contributed by atoms with Gasteiger partial charge in [-0.3, -0.25) is 9.69 Å². The van der Waals surface area contributed by atoms with Gasteiger partial charge in [0, 0.05) is 23.0 Å². The Hall–Kier alpha value is -2.92. The topological polar surface area (TPSA) is 62.4 Å². The van der Waals surface area contributed by atoms with Crippen LogP contribution >= 0.6 is 0 Å². The largest absolute Gasteiger partial charge is 0.461 e. The zero-order chi connectivity index (χ0) is 20.9. The third-order valence-electron chi connectivity index (χ3n) is 5.94. The standard InChI is InChI=1S/C25H28N2O3/c1-2-30-25(29)23-21(24(28)20-10-6-7-11-22(20)26-23)17-27-14-12-19(13-15-27)16-18-8-4-3-5-9-18/h3-11,19H,2,12-17H2,1H3,(H,26,28). The summed E-state index contributed by atoms with van der Waals surface area (Å²) < 4.78 is 5.22. The van der Waals surface area contributed by atoms with Gasteiger partial charge >= 0.3 is 5.97 Å². The van der Waals surface area contributed by atoms with Crippen LogP contribution in [0.2, 0.25) is 0 Å². The fourth-order valence-corrected chi connectivity index (χ4v) is 4.32. The number of ether oxygens (including phenoxy) is 1. The molecule has 0 aliphatic carbocycles. The molecule has 3 aromatic rings. The van der Waals surface area contributed by atoms with Crippen LogP contribution in [-0.2, 0) is 17.7 Å². The molecule has 1 aliphatic rings. The number of hydrogen-bond acceptors (Lipinski definition) is 4. The van der Waals surface area contributed by atoms with Gasteiger partial charge in [-0.1, -0.05) is 42.5 Å². The lowest BCUT2D eigenvalue weighted by Gasteiger charge is -2.32. The molecule has 5 nitrogen and oxygen atoms in total. The molecule has 156 valence electrons. The molecule has 0 atom stereocenters. The number of para-hydroxylation sites is 1. The van der Waals surface area contributed by atoms with E-state index in [0.29, 0.717) is 28.9 Å². The van der Waals surface area contributed by atoms with Gasteiger partial charge in [-0.15, -0.1) is 0 Å². The third-order valence-corrected chi connectivity index (χ3v) is 5.94. The molecule has 2 aromatic carbocycles. The second-order valence-corrected chi connectivity index (χ2v) is 7.98. The number of aromatic nitrogens is 1. The zero-order valence-corrected chi connectivity index (χ0v) is 17.4. The van der Waals surface area contributed by atoms with E-state index >= 15 is 0 Å². The molecule has 0 radical (unpaired) electrons. The summed E-state index contributed by atoms with van der Waals surface area (Å²) in [5.74, 6) is 0.192. The van der Waals surface area contributed by atoms with Gasteiger partial charge in [-0.05, 0) is 62.9 Å². The Balaban J connectivity index is 1.52. The molecular weight excluding hydrogens is 376 g/mol. The van der Waals surface area contributed by atoms with E-state index in [2.05, 4.69) is 34.1 Å². The molecule has 1 aliphatic heterocycles. The summed E-state index contributed by atoms with van der Waals surface area (Å²) in [7, 11) is 0. The normalized spacial score (nSPS) is 15.4. The highest BCUT2D eigenvalue weighted by atomic mass is 16.5. The fraction of sp³-hybridized carbons (Fsp3) is 0.360. The number of nitrogens with zero attached hydrogens (tertiary/aromatic N) is 1. The number of carbonyl (C=O) groups excluding carboxylic acids is 1. The quantitative estimate of drug-likeness (QED) is 0.627. The Morgan fingerprint density at radius 3 is 2.50 bits per heavy atom. The van der Waals surface area contributed by atoms with Crippen LogP contribution in [0.15, 0.2) is 59.4 Å². The first-order chi connectivity index (χ1) is 14.7. The Kier molecular flexibility index (Phi) is 6.29. The molecule has 1 aromatic heterocycles. The summed E-state index contributed by atoms with van der Waals surface area (Å²) in [4.78, 5) is 31.2. The van der Waals surface area contributed by atoms with Crippen LogP contribution in [0.5, 0.6) is 0 Å². The Morgan fingerprint density at radius 1 is 1.07 bits per heavy atom. The third kappa shape index (κ3) is 4.46. The highest BCUT2D eigenvalue weighted by Crippen LogP contribution is 2.23. The smallest absolute Gasteiger partial charge is 0.355 e. The summed E-state index contributed by atoms with van der Waals surface area (Å²) in [5.41, 5.74) is 2.75. The summed E-state index contributed by atoms with van der Waals surface area (Å²) in [6.45, 7) is 4.36. The monoisotopic (exact) mass is 404 g/mol. The van der Waals surface area contributed by atoms with Crippen molar-refractivity contribution in [2.45, 2.75) is 32.7 Å². The summed E-state index contributed by atoms with van der Waals surface area (Å²) in [6, 6.07) is 17.9. The Bertz CT molecular complexity index is 1070. The summed E-state index contributed by atoms with van der Waals surface area (Å²) in [6.07, 6.45) is 3.28. The molecule has 0 saturated carbocycles. The highest BCUT2D eigenvalue weighted by molar-refractivity contribution is 5.92. The van der Waals surface area contributed by atoms with E-state index in [4.69, 9.17) is 4.74 Å². The Labute approximate surface area is 176 Å². The number of rotatable bonds is 6. The molecule has 30 heavy (non-hydrogen) atoms. The van der Waals surface area contributed by atoms with Crippen molar-refractivity contribution in [1.82, 2.24) is 9.88 Å². The van der Waals surface area contributed by atoms with Gasteiger partial charge in [0.1, 0.15) is 5.69 Å². The molecule has 4 rings (SSSR count). The molecule has 1 fully saturated rings. The van der Waals surface area contributed by atoms with E-state index in [1.165, 1.54) is 5.56 Å². The van der Waals surface area contributed by atoms with Crippen LogP contribution < -0.4 is 5.43 Å². The van der Waals surface area contributed by atoms with Gasteiger partial charge in [0.2, 0.25) is 0 Å². The molecule has 0 amide bonds. The van der Waals surface area contributed by atoms with E-state index in [-0.39, 0.29) is 17.7 Å². The first-order valence-corrected chi connectivity index (χ1v) is 10.7. The minimum absolute atomic E-state index is 0.0844. The molecular formula is C25H28N2O3. The molecule has 5 heteroatoms. The number of fused-ring (bicyclic) bond motifs is 1. The number of pyridine rings is 1. The number of aromatic amines is 1. The van der Waals surface area contributed by atoms with Gasteiger partial charge < -0.3 is 9.72 Å². The molecule has 2 heterocycles. The van der Waals surface area contributed by atoms with Gasteiger partial charge in [0.05, 0.1) is 6.61 Å². The highest BCUT2D eigenvalue weighted by Gasteiger charge is 2.24. The van der Waals surface area contributed by atoms with E-state index in [9.17, 15) is 9.59 Å². The van der Waals surface area contributed by atoms with Gasteiger partial charge in [-0.25, -0.2) is 4.79 Å². The minimum atomic E-state index is -0.464. The van der Waals surface area contributed by atoms with Crippen molar-refractivity contribution in [1.29, 1.82) is 0 Å². The SMILES string of the molecule is CCOC(=O)c1[nH]c2ccccc2c(=O)c1CN1CCC(Cc2ccccc2)CC1. The van der Waals surface area contributed by atoms with E-state index in [0.717, 1.165) is 32.4 Å². The van der Waals surface area contributed by atoms with Crippen molar-refractivity contribution in [3.63, 3.8) is 0 Å². The molecule has 0 spiro atoms. The maximum atomic E-state index is 13.2. The van der Waals surface area contributed by atoms with Crippen LogP contribution in [0.4, 0.5) is 0 Å². The minimum Gasteiger partial charge on any atom is -0.461 e. The van der Waals surface area contributed by atoms with Gasteiger partial charge in [0.25, 0.3) is 0 Å². The van der Waals surface area contributed by atoms with Crippen LogP contribution in [-0.4, -0.2) is 35.5 Å². The lowest BCUT2D eigenvalue weighted by atomic mass is 9.90. The fourth-order valence-electron chi connectivity index (χ4n) is 4.32. The van der Waals surface area contributed by atoms with Crippen molar-refractivity contribution >= 4 is 16.9 Å². The van der Waals surface area contributed by atoms with Crippen LogP contribution in [0.25, 0.3) is 10.9 Å². The van der Waals surface area contributed by atoms with Crippen LogP contribution in [0.1, 0.15) is 41.4 Å². The maximum absolute atomic E-state index is 13.2. The molecule has 0 bridgehead atoms. The average Bonchev–Trinajstić information content (AvgIpc) is 2.78. The summed E-state index contributed by atoms with van der Waals surface area (Å²) in [5, 5.41) is 0.611. The van der Waals surface area contributed by atoms with Crippen molar-refractivity contribution in [3.8, 4) is 0 Å². The number of likely N-dealkylation sites (tertiary alicyclic amines) is 1. The average molecular weight is 405 g/mol. The maximum Gasteiger partial charge on any atom is 0.355 e. The lowest BCUT2D eigenvalue weighted by Crippen LogP contribution is -2.36. The second kappa shape index (κ2) is 9.26. The number of piperidine rings is 1. The van der Waals surface area contributed by atoms with E-state index < -0.39 is 5.97 Å².